The minimum absolute atomic E-state index is 0. The summed E-state index contributed by atoms with van der Waals surface area (Å²) in [6.07, 6.45) is -4.43. The van der Waals surface area contributed by atoms with Gasteiger partial charge in [-0.1, -0.05) is 0 Å². The Balaban J connectivity index is 0. The molecular weight excluding hydrogens is 240 g/mol. The number of benzene rings is 1. The maximum Gasteiger partial charge on any atom is 0.418 e. The van der Waals surface area contributed by atoms with Crippen molar-refractivity contribution in [1.82, 2.24) is 0 Å². The summed E-state index contributed by atoms with van der Waals surface area (Å²) in [5.74, 6) is 0. The lowest BCUT2D eigenvalue weighted by Crippen LogP contribution is -2.09. The van der Waals surface area contributed by atoms with Crippen LogP contribution in [-0.2, 0) is 6.18 Å². The molecule has 0 unspecified atom stereocenters. The Bertz CT molecular complexity index is 301. The van der Waals surface area contributed by atoms with E-state index in [4.69, 9.17) is 11.5 Å². The fourth-order valence-corrected chi connectivity index (χ4v) is 0.819. The number of nitrogen functional groups attached to an aromatic ring is 2. The molecule has 1 aromatic rings. The van der Waals surface area contributed by atoms with Crippen molar-refractivity contribution in [3.05, 3.63) is 23.8 Å². The molecule has 0 aliphatic heterocycles. The van der Waals surface area contributed by atoms with Crippen LogP contribution < -0.4 is 11.5 Å². The Labute approximate surface area is 91.3 Å². The predicted molar refractivity (Wildman–Crippen MR) is 54.8 cm³/mol. The predicted octanol–water partition coefficient (Wildman–Crippen LogP) is 2.71. The highest BCUT2D eigenvalue weighted by Crippen LogP contribution is 2.34. The Morgan fingerprint density at radius 1 is 1.00 bits per heavy atom. The van der Waals surface area contributed by atoms with Gasteiger partial charge in [0.25, 0.3) is 0 Å². The molecule has 0 fully saturated rings. The average Bonchev–Trinajstić information content (AvgIpc) is 1.92. The SMILES string of the molecule is Cl.Cl.Nc1ccc(N)c(C(F)(F)F)c1. The highest BCUT2D eigenvalue weighted by molar-refractivity contribution is 5.85. The number of hydrogen-bond donors (Lipinski definition) is 2. The van der Waals surface area contributed by atoms with Crippen LogP contribution >= 0.6 is 24.8 Å². The Morgan fingerprint density at radius 2 is 1.50 bits per heavy atom. The van der Waals surface area contributed by atoms with Crippen molar-refractivity contribution in [2.24, 2.45) is 0 Å². The van der Waals surface area contributed by atoms with E-state index in [0.717, 1.165) is 12.1 Å². The van der Waals surface area contributed by atoms with Crippen LogP contribution in [0.1, 0.15) is 5.56 Å². The minimum atomic E-state index is -4.43. The van der Waals surface area contributed by atoms with Gasteiger partial charge >= 0.3 is 6.18 Å². The van der Waals surface area contributed by atoms with Gasteiger partial charge in [-0.25, -0.2) is 0 Å². The summed E-state index contributed by atoms with van der Waals surface area (Å²) in [6, 6.07) is 3.28. The Hall–Kier alpha value is -0.810. The van der Waals surface area contributed by atoms with Crippen molar-refractivity contribution >= 4 is 36.2 Å². The molecule has 0 saturated heterocycles. The summed E-state index contributed by atoms with van der Waals surface area (Å²) in [7, 11) is 0. The largest absolute Gasteiger partial charge is 0.418 e. The van der Waals surface area contributed by atoms with E-state index < -0.39 is 11.7 Å². The quantitative estimate of drug-likeness (QED) is 0.694. The molecule has 0 aliphatic rings. The lowest BCUT2D eigenvalue weighted by molar-refractivity contribution is -0.136. The van der Waals surface area contributed by atoms with Gasteiger partial charge in [-0.15, -0.1) is 24.8 Å². The topological polar surface area (TPSA) is 52.0 Å². The number of halogens is 5. The van der Waals surface area contributed by atoms with Crippen LogP contribution in [0.4, 0.5) is 24.5 Å². The zero-order valence-electron chi connectivity index (χ0n) is 6.84. The fourth-order valence-electron chi connectivity index (χ4n) is 0.819. The smallest absolute Gasteiger partial charge is 0.399 e. The standard InChI is InChI=1S/C7H7F3N2.2ClH/c8-7(9,10)5-3-4(11)1-2-6(5)12;;/h1-3H,11-12H2;2*1H. The number of hydrogen-bond acceptors (Lipinski definition) is 2. The van der Waals surface area contributed by atoms with Gasteiger partial charge in [0.15, 0.2) is 0 Å². The third kappa shape index (κ3) is 3.51. The zero-order valence-corrected chi connectivity index (χ0v) is 8.47. The van der Waals surface area contributed by atoms with Gasteiger partial charge in [-0.2, -0.15) is 13.2 Å². The van der Waals surface area contributed by atoms with E-state index in [1.165, 1.54) is 6.07 Å². The number of rotatable bonds is 0. The minimum Gasteiger partial charge on any atom is -0.399 e. The van der Waals surface area contributed by atoms with E-state index in [1.807, 2.05) is 0 Å². The summed E-state index contributed by atoms with van der Waals surface area (Å²) in [6.45, 7) is 0. The van der Waals surface area contributed by atoms with Crippen molar-refractivity contribution in [3.8, 4) is 0 Å². The summed E-state index contributed by atoms with van der Waals surface area (Å²) in [5, 5.41) is 0. The van der Waals surface area contributed by atoms with Gasteiger partial charge < -0.3 is 11.5 Å². The van der Waals surface area contributed by atoms with E-state index in [-0.39, 0.29) is 36.2 Å². The van der Waals surface area contributed by atoms with E-state index in [1.54, 1.807) is 0 Å². The second kappa shape index (κ2) is 5.17. The second-order valence-electron chi connectivity index (χ2n) is 2.34. The van der Waals surface area contributed by atoms with E-state index >= 15 is 0 Å². The van der Waals surface area contributed by atoms with E-state index in [2.05, 4.69) is 0 Å². The van der Waals surface area contributed by atoms with Crippen LogP contribution in [0.3, 0.4) is 0 Å². The van der Waals surface area contributed by atoms with Gasteiger partial charge in [-0.3, -0.25) is 0 Å². The molecule has 0 saturated carbocycles. The first-order chi connectivity index (χ1) is 5.41. The van der Waals surface area contributed by atoms with Gasteiger partial charge in [0.2, 0.25) is 0 Å². The molecule has 1 aromatic carbocycles. The maximum absolute atomic E-state index is 12.1. The molecule has 0 atom stereocenters. The molecule has 0 aliphatic carbocycles. The zero-order chi connectivity index (χ0) is 9.35. The summed E-state index contributed by atoms with van der Waals surface area (Å²) >= 11 is 0. The normalized spacial score (nSPS) is 9.93. The number of anilines is 2. The molecular formula is C7H9Cl2F3N2. The third-order valence-electron chi connectivity index (χ3n) is 1.38. The Kier molecular flexibility index (Phi) is 5.78. The molecule has 1 rings (SSSR count). The number of alkyl halides is 3. The molecule has 0 radical (unpaired) electrons. The van der Waals surface area contributed by atoms with Crippen molar-refractivity contribution < 1.29 is 13.2 Å². The van der Waals surface area contributed by atoms with Crippen LogP contribution in [0.5, 0.6) is 0 Å². The first-order valence-electron chi connectivity index (χ1n) is 3.13. The van der Waals surface area contributed by atoms with Gasteiger partial charge in [-0.05, 0) is 18.2 Å². The van der Waals surface area contributed by atoms with Crippen LogP contribution in [0.2, 0.25) is 0 Å². The first-order valence-corrected chi connectivity index (χ1v) is 3.13. The summed E-state index contributed by atoms with van der Waals surface area (Å²) < 4.78 is 36.3. The van der Waals surface area contributed by atoms with Crippen molar-refractivity contribution in [2.45, 2.75) is 6.18 Å². The molecule has 0 amide bonds. The monoisotopic (exact) mass is 248 g/mol. The van der Waals surface area contributed by atoms with Crippen molar-refractivity contribution in [1.29, 1.82) is 0 Å². The van der Waals surface area contributed by atoms with Crippen LogP contribution in [-0.4, -0.2) is 0 Å². The molecule has 0 bridgehead atoms. The van der Waals surface area contributed by atoms with Crippen LogP contribution in [0.25, 0.3) is 0 Å². The highest BCUT2D eigenvalue weighted by Gasteiger charge is 2.32. The maximum atomic E-state index is 12.1. The van der Waals surface area contributed by atoms with Crippen molar-refractivity contribution in [3.63, 3.8) is 0 Å². The second-order valence-corrected chi connectivity index (χ2v) is 2.34. The molecule has 82 valence electrons. The highest BCUT2D eigenvalue weighted by atomic mass is 35.5. The molecule has 0 spiro atoms. The summed E-state index contributed by atoms with van der Waals surface area (Å²) in [5.41, 5.74) is 9.13. The lowest BCUT2D eigenvalue weighted by atomic mass is 10.1. The molecule has 0 heterocycles. The average molecular weight is 249 g/mol. The molecule has 14 heavy (non-hydrogen) atoms. The van der Waals surface area contributed by atoms with Crippen LogP contribution in [0, 0.1) is 0 Å². The van der Waals surface area contributed by atoms with Gasteiger partial charge in [0, 0.05) is 11.4 Å². The van der Waals surface area contributed by atoms with E-state index in [9.17, 15) is 13.2 Å². The Morgan fingerprint density at radius 3 is 1.86 bits per heavy atom. The molecule has 0 aromatic heterocycles. The first kappa shape index (κ1) is 15.7. The van der Waals surface area contributed by atoms with E-state index in [0.29, 0.717) is 0 Å². The lowest BCUT2D eigenvalue weighted by Gasteiger charge is -2.09. The fraction of sp³-hybridized carbons (Fsp3) is 0.143. The van der Waals surface area contributed by atoms with Gasteiger partial charge in [0.1, 0.15) is 0 Å². The third-order valence-corrected chi connectivity index (χ3v) is 1.38. The van der Waals surface area contributed by atoms with Gasteiger partial charge in [0.05, 0.1) is 5.56 Å². The molecule has 2 nitrogen and oxygen atoms in total. The van der Waals surface area contributed by atoms with Crippen molar-refractivity contribution in [2.75, 3.05) is 11.5 Å². The summed E-state index contributed by atoms with van der Waals surface area (Å²) in [4.78, 5) is 0. The molecule has 7 heteroatoms. The van der Waals surface area contributed by atoms with Crippen LogP contribution in [0.15, 0.2) is 18.2 Å². The number of nitrogens with two attached hydrogens (primary N) is 2. The molecule has 4 N–H and O–H groups in total.